The highest BCUT2D eigenvalue weighted by atomic mass is 31.2. The minimum Gasteiger partial charge on any atom is -0.366 e. The van der Waals surface area contributed by atoms with E-state index in [1.54, 1.807) is 6.20 Å². The van der Waals surface area contributed by atoms with E-state index in [0.717, 1.165) is 0 Å². The van der Waals surface area contributed by atoms with E-state index in [1.807, 2.05) is 17.2 Å². The number of hydrogen-bond donors (Lipinski definition) is 3. The molecule has 3 aliphatic heterocycles. The van der Waals surface area contributed by atoms with Gasteiger partial charge in [0.05, 0.1) is 12.2 Å². The molecule has 9 heteroatoms. The molecule has 0 aromatic carbocycles. The molecule has 0 radical (unpaired) electrons. The van der Waals surface area contributed by atoms with Gasteiger partial charge >= 0.3 is 7.82 Å². The quantitative estimate of drug-likeness (QED) is 0.635. The Morgan fingerprint density at radius 1 is 1.41 bits per heavy atom. The molecule has 22 heavy (non-hydrogen) atoms. The van der Waals surface area contributed by atoms with E-state index in [9.17, 15) is 9.36 Å². The van der Waals surface area contributed by atoms with Gasteiger partial charge in [-0.2, -0.15) is 0 Å². The van der Waals surface area contributed by atoms with Crippen LogP contribution in [0.15, 0.2) is 24.0 Å². The van der Waals surface area contributed by atoms with Gasteiger partial charge in [0, 0.05) is 18.0 Å². The fourth-order valence-corrected chi connectivity index (χ4v) is 3.77. The first kappa shape index (κ1) is 15.7. The lowest BCUT2D eigenvalue weighted by atomic mass is 9.85. The van der Waals surface area contributed by atoms with Crippen LogP contribution in [0.4, 0.5) is 0 Å². The Kier molecular flexibility index (Phi) is 3.70. The number of carbonyl (C=O) groups excluding carboxylic acids is 1. The number of primary amides is 1. The molecular formula is C13H19N2O6P. The molecule has 0 atom stereocenters. The molecule has 2 saturated heterocycles. The highest BCUT2D eigenvalue weighted by Gasteiger charge is 2.58. The Bertz CT molecular complexity index is 587. The topological polar surface area (TPSA) is 122 Å². The minimum atomic E-state index is -4.51. The number of fused-ring (bicyclic) bond motifs is 2. The second kappa shape index (κ2) is 5.18. The second-order valence-corrected chi connectivity index (χ2v) is 7.25. The van der Waals surface area contributed by atoms with Gasteiger partial charge in [-0.05, 0) is 32.1 Å². The Hall–Kier alpha value is -1.18. The predicted molar refractivity (Wildman–Crippen MR) is 75.9 cm³/mol. The summed E-state index contributed by atoms with van der Waals surface area (Å²) in [5, 5.41) is 0. The van der Waals surface area contributed by atoms with E-state index < -0.39 is 25.1 Å². The number of phosphoric acid groups is 1. The highest BCUT2D eigenvalue weighted by Crippen LogP contribution is 2.54. The fourth-order valence-electron chi connectivity index (χ4n) is 3.36. The third kappa shape index (κ3) is 2.85. The van der Waals surface area contributed by atoms with Crippen molar-refractivity contribution in [1.29, 1.82) is 0 Å². The van der Waals surface area contributed by atoms with Crippen molar-refractivity contribution in [2.75, 3.05) is 6.61 Å². The molecule has 8 nitrogen and oxygen atoms in total. The van der Waals surface area contributed by atoms with Crippen LogP contribution in [0.25, 0.3) is 0 Å². The molecule has 3 aliphatic rings. The van der Waals surface area contributed by atoms with Crippen LogP contribution in [-0.2, 0) is 18.6 Å². The number of nitrogens with zero attached hydrogens (tertiary/aromatic N) is 1. The third-order valence-corrected chi connectivity index (χ3v) is 5.00. The Morgan fingerprint density at radius 2 is 2.09 bits per heavy atom. The lowest BCUT2D eigenvalue weighted by molar-refractivity contribution is -0.121. The van der Waals surface area contributed by atoms with Crippen LogP contribution < -0.4 is 5.73 Å². The van der Waals surface area contributed by atoms with Gasteiger partial charge in [-0.3, -0.25) is 9.32 Å². The van der Waals surface area contributed by atoms with E-state index >= 15 is 0 Å². The smallest absolute Gasteiger partial charge is 0.366 e. The molecule has 0 aliphatic carbocycles. The number of amides is 1. The van der Waals surface area contributed by atoms with E-state index in [4.69, 9.17) is 20.3 Å². The summed E-state index contributed by atoms with van der Waals surface area (Å²) in [7, 11) is -4.51. The first-order chi connectivity index (χ1) is 10.2. The van der Waals surface area contributed by atoms with Gasteiger partial charge in [-0.15, -0.1) is 0 Å². The lowest BCUT2D eigenvalue weighted by Crippen LogP contribution is -2.41. The van der Waals surface area contributed by atoms with Gasteiger partial charge in [-0.25, -0.2) is 4.57 Å². The monoisotopic (exact) mass is 330 g/mol. The van der Waals surface area contributed by atoms with Crippen molar-refractivity contribution in [2.45, 2.75) is 43.4 Å². The fraction of sp³-hybridized carbons (Fsp3) is 0.615. The van der Waals surface area contributed by atoms with Crippen molar-refractivity contribution in [1.82, 2.24) is 4.90 Å². The SMILES string of the molecule is NC(=O)C1=CN(C23CCC(COP(=O)(O)O)(CC2)O3)C=CC1. The molecular weight excluding hydrogens is 311 g/mol. The normalized spacial score (nSPS) is 34.1. The van der Waals surface area contributed by atoms with Crippen LogP contribution in [0.2, 0.25) is 0 Å². The van der Waals surface area contributed by atoms with Crippen molar-refractivity contribution in [3.63, 3.8) is 0 Å². The average molecular weight is 330 g/mol. The van der Waals surface area contributed by atoms with E-state index in [0.29, 0.717) is 37.7 Å². The van der Waals surface area contributed by atoms with Crippen LogP contribution >= 0.6 is 7.82 Å². The number of allylic oxidation sites excluding steroid dienone is 1. The third-order valence-electron chi connectivity index (χ3n) is 4.53. The van der Waals surface area contributed by atoms with Crippen molar-refractivity contribution >= 4 is 13.7 Å². The minimum absolute atomic E-state index is 0.136. The number of phosphoric ester groups is 1. The summed E-state index contributed by atoms with van der Waals surface area (Å²) in [5.74, 6) is -0.460. The number of carbonyl (C=O) groups is 1. The largest absolute Gasteiger partial charge is 0.469 e. The summed E-state index contributed by atoms with van der Waals surface area (Å²) in [6, 6.07) is 0. The summed E-state index contributed by atoms with van der Waals surface area (Å²) >= 11 is 0. The van der Waals surface area contributed by atoms with Crippen LogP contribution in [-0.4, -0.2) is 38.5 Å². The summed E-state index contributed by atoms with van der Waals surface area (Å²) in [6.07, 6.45) is 8.60. The average Bonchev–Trinajstić information content (AvgIpc) is 3.03. The number of ether oxygens (including phenoxy) is 1. The standard InChI is InChI=1S/C13H19N2O6P/c14-11(16)10-2-1-7-15(8-10)13-5-3-12(21-13,4-6-13)9-20-22(17,18)19/h1,7-8H,2-6,9H2,(H2,14,16)(H2,17,18,19). The number of hydrogen-bond acceptors (Lipinski definition) is 5. The van der Waals surface area contributed by atoms with Crippen LogP contribution in [0.3, 0.4) is 0 Å². The molecule has 0 unspecified atom stereocenters. The second-order valence-electron chi connectivity index (χ2n) is 6.01. The van der Waals surface area contributed by atoms with E-state index in [1.165, 1.54) is 0 Å². The lowest BCUT2D eigenvalue weighted by Gasteiger charge is -2.37. The van der Waals surface area contributed by atoms with Crippen molar-refractivity contribution in [3.8, 4) is 0 Å². The highest BCUT2D eigenvalue weighted by molar-refractivity contribution is 7.46. The number of rotatable bonds is 5. The van der Waals surface area contributed by atoms with Gasteiger partial charge in [-0.1, -0.05) is 6.08 Å². The molecule has 0 saturated carbocycles. The molecule has 1 amide bonds. The molecule has 2 fully saturated rings. The summed E-state index contributed by atoms with van der Waals surface area (Å²) in [6.45, 7) is -0.136. The van der Waals surface area contributed by atoms with Crippen LogP contribution in [0.1, 0.15) is 32.1 Å². The van der Waals surface area contributed by atoms with Crippen LogP contribution in [0, 0.1) is 0 Å². The molecule has 0 aromatic rings. The predicted octanol–water partition coefficient (Wildman–Crippen LogP) is 0.724. The first-order valence-electron chi connectivity index (χ1n) is 7.10. The summed E-state index contributed by atoms with van der Waals surface area (Å²) in [5.41, 5.74) is 4.58. The molecule has 2 bridgehead atoms. The van der Waals surface area contributed by atoms with E-state index in [-0.39, 0.29) is 6.61 Å². The maximum Gasteiger partial charge on any atom is 0.469 e. The van der Waals surface area contributed by atoms with Gasteiger partial charge in [0.1, 0.15) is 5.72 Å². The van der Waals surface area contributed by atoms with Gasteiger partial charge in [0.25, 0.3) is 0 Å². The molecule has 0 aromatic heterocycles. The molecule has 4 N–H and O–H groups in total. The Labute approximate surface area is 127 Å². The van der Waals surface area contributed by atoms with Crippen LogP contribution in [0.5, 0.6) is 0 Å². The molecule has 0 spiro atoms. The molecule has 3 heterocycles. The van der Waals surface area contributed by atoms with Crippen molar-refractivity contribution in [2.24, 2.45) is 5.73 Å². The van der Waals surface area contributed by atoms with Gasteiger partial charge in [0.2, 0.25) is 5.91 Å². The van der Waals surface area contributed by atoms with Gasteiger partial charge < -0.3 is 25.2 Å². The first-order valence-corrected chi connectivity index (χ1v) is 8.63. The zero-order valence-corrected chi connectivity index (χ0v) is 12.9. The molecule has 3 rings (SSSR count). The van der Waals surface area contributed by atoms with E-state index in [2.05, 4.69) is 4.52 Å². The Balaban J connectivity index is 1.75. The zero-order valence-electron chi connectivity index (χ0n) is 12.0. The number of nitrogens with two attached hydrogens (primary N) is 1. The van der Waals surface area contributed by atoms with Gasteiger partial charge in [0.15, 0.2) is 0 Å². The van der Waals surface area contributed by atoms with Crippen molar-refractivity contribution in [3.05, 3.63) is 24.0 Å². The summed E-state index contributed by atoms with van der Waals surface area (Å²) < 4.78 is 21.7. The summed E-state index contributed by atoms with van der Waals surface area (Å²) in [4.78, 5) is 30.9. The molecule has 122 valence electrons. The Morgan fingerprint density at radius 3 is 2.68 bits per heavy atom. The van der Waals surface area contributed by atoms with Crippen molar-refractivity contribution < 1.29 is 28.4 Å². The maximum absolute atomic E-state index is 11.3. The maximum atomic E-state index is 11.3. The zero-order chi connectivity index (χ0) is 16.0.